The summed E-state index contributed by atoms with van der Waals surface area (Å²) in [5.41, 5.74) is 9.85. The zero-order chi connectivity index (χ0) is 20.7. The van der Waals surface area contributed by atoms with Gasteiger partial charge in [0.1, 0.15) is 12.0 Å². The van der Waals surface area contributed by atoms with Crippen molar-refractivity contribution >= 4 is 40.9 Å². The zero-order valence-corrected chi connectivity index (χ0v) is 15.0. The van der Waals surface area contributed by atoms with E-state index in [1.807, 2.05) is 35.1 Å². The van der Waals surface area contributed by atoms with Crippen molar-refractivity contribution in [2.24, 2.45) is 12.8 Å². The normalized spacial score (nSPS) is 11.3. The molecular formula is C17H20N6O5. The summed E-state index contributed by atoms with van der Waals surface area (Å²) in [5.74, 6) is -1.84. The number of nitrogens with zero attached hydrogens (tertiary/aromatic N) is 1. The van der Waals surface area contributed by atoms with Crippen molar-refractivity contribution < 1.29 is 24.0 Å². The number of aryl methyl sites for hydroxylation is 1. The average Bonchev–Trinajstić information content (AvgIpc) is 3.01. The molecule has 148 valence electrons. The minimum atomic E-state index is -1.13. The Bertz CT molecular complexity index is 922. The predicted octanol–water partition coefficient (Wildman–Crippen LogP) is -1.32. The van der Waals surface area contributed by atoms with E-state index in [-0.39, 0.29) is 6.54 Å². The van der Waals surface area contributed by atoms with Crippen molar-refractivity contribution in [3.05, 3.63) is 36.0 Å². The third-order valence-electron chi connectivity index (χ3n) is 3.83. The lowest BCUT2D eigenvalue weighted by Crippen LogP contribution is -2.48. The van der Waals surface area contributed by atoms with Gasteiger partial charge in [-0.2, -0.15) is 0 Å². The quantitative estimate of drug-likeness (QED) is 0.293. The van der Waals surface area contributed by atoms with Crippen LogP contribution in [0.1, 0.15) is 16.9 Å². The first-order chi connectivity index (χ1) is 13.3. The van der Waals surface area contributed by atoms with Gasteiger partial charge in [0.25, 0.3) is 5.91 Å². The molecule has 28 heavy (non-hydrogen) atoms. The molecule has 6 N–H and O–H groups in total. The van der Waals surface area contributed by atoms with Gasteiger partial charge in [0.15, 0.2) is 0 Å². The van der Waals surface area contributed by atoms with Crippen molar-refractivity contribution in [2.45, 2.75) is 12.5 Å². The van der Waals surface area contributed by atoms with Crippen molar-refractivity contribution in [1.82, 2.24) is 26.1 Å². The van der Waals surface area contributed by atoms with Crippen LogP contribution in [0, 0.1) is 0 Å². The molecule has 0 unspecified atom stereocenters. The first-order valence-corrected chi connectivity index (χ1v) is 8.23. The Kier molecular flexibility index (Phi) is 6.68. The summed E-state index contributed by atoms with van der Waals surface area (Å²) >= 11 is 0. The first-order valence-electron chi connectivity index (χ1n) is 8.23. The van der Waals surface area contributed by atoms with Crippen LogP contribution in [-0.4, -0.2) is 47.2 Å². The number of aromatic nitrogens is 1. The molecule has 1 aromatic carbocycles. The van der Waals surface area contributed by atoms with E-state index < -0.39 is 36.2 Å². The van der Waals surface area contributed by atoms with Crippen LogP contribution in [0.15, 0.2) is 30.3 Å². The first kappa shape index (κ1) is 20.4. The summed E-state index contributed by atoms with van der Waals surface area (Å²) in [6, 6.07) is 7.04. The Morgan fingerprint density at radius 3 is 2.50 bits per heavy atom. The van der Waals surface area contributed by atoms with Crippen molar-refractivity contribution in [3.63, 3.8) is 0 Å². The van der Waals surface area contributed by atoms with E-state index in [1.165, 1.54) is 0 Å². The number of carbonyl (C=O) groups is 5. The number of hydrogen-bond acceptors (Lipinski definition) is 5. The Morgan fingerprint density at radius 1 is 1.14 bits per heavy atom. The highest BCUT2D eigenvalue weighted by atomic mass is 16.2. The summed E-state index contributed by atoms with van der Waals surface area (Å²) in [5, 5.41) is 5.65. The molecule has 11 nitrogen and oxygen atoms in total. The molecule has 1 atom stereocenters. The molecule has 2 rings (SSSR count). The highest BCUT2D eigenvalue weighted by Crippen LogP contribution is 2.17. The Morgan fingerprint density at radius 2 is 1.86 bits per heavy atom. The van der Waals surface area contributed by atoms with Gasteiger partial charge in [0, 0.05) is 18.0 Å². The van der Waals surface area contributed by atoms with E-state index in [1.54, 1.807) is 17.7 Å². The predicted molar refractivity (Wildman–Crippen MR) is 98.7 cm³/mol. The monoisotopic (exact) mass is 388 g/mol. The maximum Gasteiger partial charge on any atom is 0.330 e. The van der Waals surface area contributed by atoms with E-state index >= 15 is 0 Å². The molecule has 2 aromatic rings. The highest BCUT2D eigenvalue weighted by Gasteiger charge is 2.18. The third-order valence-corrected chi connectivity index (χ3v) is 3.83. The topological polar surface area (TPSA) is 164 Å². The number of para-hydroxylation sites is 1. The van der Waals surface area contributed by atoms with Crippen molar-refractivity contribution in [3.8, 4) is 0 Å². The fourth-order valence-corrected chi connectivity index (χ4v) is 2.53. The van der Waals surface area contributed by atoms with Gasteiger partial charge in [-0.1, -0.05) is 18.2 Å². The Hall–Kier alpha value is -3.89. The second-order valence-electron chi connectivity index (χ2n) is 5.88. The fraction of sp³-hybridized carbons (Fsp3) is 0.235. The summed E-state index contributed by atoms with van der Waals surface area (Å²) in [7, 11) is 1.73. The number of primary amides is 1. The molecule has 1 aromatic heterocycles. The molecule has 0 saturated heterocycles. The van der Waals surface area contributed by atoms with Crippen LogP contribution < -0.4 is 27.2 Å². The minimum Gasteiger partial charge on any atom is -0.350 e. The number of amides is 5. The van der Waals surface area contributed by atoms with Gasteiger partial charge in [-0.25, -0.2) is 10.2 Å². The Labute approximate surface area is 159 Å². The summed E-state index contributed by atoms with van der Waals surface area (Å²) in [6.45, 7) is -0.383. The number of fused-ring (bicyclic) bond motifs is 1. The summed E-state index contributed by atoms with van der Waals surface area (Å²) in [6.07, 6.45) is -0.0415. The van der Waals surface area contributed by atoms with Gasteiger partial charge in [0.2, 0.25) is 11.8 Å². The maximum atomic E-state index is 12.3. The smallest absolute Gasteiger partial charge is 0.330 e. The molecule has 0 spiro atoms. The second kappa shape index (κ2) is 9.16. The van der Waals surface area contributed by atoms with E-state index in [2.05, 4.69) is 10.6 Å². The van der Waals surface area contributed by atoms with Crippen LogP contribution in [0.25, 0.3) is 10.9 Å². The van der Waals surface area contributed by atoms with Crippen molar-refractivity contribution in [2.75, 3.05) is 6.54 Å². The van der Waals surface area contributed by atoms with E-state index in [9.17, 15) is 24.0 Å². The van der Waals surface area contributed by atoms with Gasteiger partial charge in [-0.05, 0) is 12.1 Å². The molecule has 0 fully saturated rings. The largest absolute Gasteiger partial charge is 0.350 e. The van der Waals surface area contributed by atoms with Crippen LogP contribution in [0.5, 0.6) is 0 Å². The standard InChI is InChI=1S/C17H20N6O5/c1-23-12-5-3-2-4-10(12)6-13(23)16(27)19-8-15(26)20-11(9-24)7-14(25)21-22-17(18)28/h2-6,9,11H,7-8H2,1H3,(H,19,27)(H,20,26)(H,21,25)(H3,18,22,28)/t11-/m0/s1. The minimum absolute atomic E-state index is 0.369. The number of nitrogens with one attached hydrogen (secondary N) is 4. The summed E-state index contributed by atoms with van der Waals surface area (Å²) < 4.78 is 1.70. The maximum absolute atomic E-state index is 12.3. The number of benzene rings is 1. The van der Waals surface area contributed by atoms with E-state index in [0.29, 0.717) is 12.0 Å². The number of carbonyl (C=O) groups excluding carboxylic acids is 5. The van der Waals surface area contributed by atoms with Gasteiger partial charge in [-0.3, -0.25) is 19.8 Å². The molecule has 5 amide bonds. The van der Waals surface area contributed by atoms with Gasteiger partial charge < -0.3 is 25.7 Å². The van der Waals surface area contributed by atoms with Crippen molar-refractivity contribution in [1.29, 1.82) is 0 Å². The highest BCUT2D eigenvalue weighted by molar-refractivity contribution is 6.00. The zero-order valence-electron chi connectivity index (χ0n) is 15.0. The molecule has 0 aliphatic carbocycles. The summed E-state index contributed by atoms with van der Waals surface area (Å²) in [4.78, 5) is 57.3. The van der Waals surface area contributed by atoms with Gasteiger partial charge in [0.05, 0.1) is 19.0 Å². The number of hydrogen-bond donors (Lipinski definition) is 5. The average molecular weight is 388 g/mol. The molecule has 1 heterocycles. The Balaban J connectivity index is 1.87. The molecule has 0 bridgehead atoms. The molecular weight excluding hydrogens is 368 g/mol. The van der Waals surface area contributed by atoms with Crippen LogP contribution in [0.2, 0.25) is 0 Å². The van der Waals surface area contributed by atoms with Crippen LogP contribution in [-0.2, 0) is 21.4 Å². The fourth-order valence-electron chi connectivity index (χ4n) is 2.53. The molecule has 0 radical (unpaired) electrons. The number of urea groups is 1. The van der Waals surface area contributed by atoms with Crippen LogP contribution in [0.3, 0.4) is 0 Å². The van der Waals surface area contributed by atoms with Crippen LogP contribution in [0.4, 0.5) is 4.79 Å². The third kappa shape index (κ3) is 5.30. The van der Waals surface area contributed by atoms with Gasteiger partial charge >= 0.3 is 6.03 Å². The molecule has 11 heteroatoms. The van der Waals surface area contributed by atoms with Crippen LogP contribution >= 0.6 is 0 Å². The molecule has 0 aliphatic heterocycles. The van der Waals surface area contributed by atoms with E-state index in [0.717, 1.165) is 10.9 Å². The lowest BCUT2D eigenvalue weighted by Gasteiger charge is -2.13. The van der Waals surface area contributed by atoms with Gasteiger partial charge in [-0.15, -0.1) is 0 Å². The number of rotatable bonds is 7. The lowest BCUT2D eigenvalue weighted by molar-refractivity contribution is -0.126. The number of nitrogens with two attached hydrogens (primary N) is 1. The second-order valence-corrected chi connectivity index (χ2v) is 5.88. The van der Waals surface area contributed by atoms with E-state index in [4.69, 9.17) is 5.73 Å². The number of hydrazine groups is 1. The molecule has 0 saturated carbocycles. The number of aldehydes is 1. The molecule has 0 aliphatic rings. The SMILES string of the molecule is Cn1c(C(=O)NCC(=O)N[C@H](C=O)CC(=O)NNC(N)=O)cc2ccccc21. The lowest BCUT2D eigenvalue weighted by atomic mass is 10.2.